The maximum Gasteiger partial charge on any atom is 0.231 e. The van der Waals surface area contributed by atoms with E-state index >= 15 is 0 Å². The van der Waals surface area contributed by atoms with Crippen LogP contribution in [-0.4, -0.2) is 37.5 Å². The Morgan fingerprint density at radius 3 is 2.87 bits per heavy atom. The van der Waals surface area contributed by atoms with Crippen molar-refractivity contribution < 1.29 is 19.0 Å². The molecule has 1 N–H and O–H groups in total. The third-order valence-electron chi connectivity index (χ3n) is 5.57. The van der Waals surface area contributed by atoms with E-state index in [1.54, 1.807) is 7.11 Å². The molecule has 6 heteroatoms. The van der Waals surface area contributed by atoms with Crippen LogP contribution in [0.3, 0.4) is 0 Å². The third kappa shape index (κ3) is 4.14. The normalized spacial score (nSPS) is 13.5. The van der Waals surface area contributed by atoms with E-state index in [0.717, 1.165) is 35.6 Å². The Bertz CT molecular complexity index is 1030. The fraction of sp³-hybridized carbons (Fsp3) is 0.375. The Labute approximate surface area is 176 Å². The molecule has 0 saturated carbocycles. The van der Waals surface area contributed by atoms with Crippen molar-refractivity contribution >= 4 is 16.8 Å². The van der Waals surface area contributed by atoms with Crippen LogP contribution in [0.25, 0.3) is 10.9 Å². The number of hydrogen-bond acceptors (Lipinski definition) is 4. The number of fused-ring (bicyclic) bond motifs is 2. The lowest BCUT2D eigenvalue weighted by Crippen LogP contribution is -2.27. The Morgan fingerprint density at radius 1 is 1.20 bits per heavy atom. The zero-order chi connectivity index (χ0) is 20.9. The molecule has 4 rings (SSSR count). The first kappa shape index (κ1) is 20.3. The lowest BCUT2D eigenvalue weighted by molar-refractivity contribution is -0.121. The minimum Gasteiger partial charge on any atom is -0.454 e. The summed E-state index contributed by atoms with van der Waals surface area (Å²) in [5.74, 6) is 1.43. The minimum atomic E-state index is -0.0837. The molecule has 0 spiro atoms. The number of para-hydroxylation sites is 1. The Hall–Kier alpha value is -2.99. The molecule has 2 aromatic carbocycles. The smallest absolute Gasteiger partial charge is 0.231 e. The van der Waals surface area contributed by atoms with Crippen LogP contribution in [0.4, 0.5) is 0 Å². The van der Waals surface area contributed by atoms with Gasteiger partial charge in [-0.05, 0) is 42.7 Å². The van der Waals surface area contributed by atoms with Gasteiger partial charge in [-0.2, -0.15) is 0 Å². The molecule has 0 radical (unpaired) electrons. The average molecular weight is 408 g/mol. The standard InChI is InChI=1S/C24H28N2O4/c1-3-26-15-20(18-7-4-5-8-21(18)26)19(14-24(27)25-11-6-12-28-2)17-9-10-22-23(13-17)30-16-29-22/h4-5,7-10,13,15,19H,3,6,11-12,14,16H2,1-2H3,(H,25,27)/t19-/m0/s1. The first-order valence-corrected chi connectivity index (χ1v) is 10.4. The van der Waals surface area contributed by atoms with Crippen molar-refractivity contribution in [2.75, 3.05) is 27.1 Å². The van der Waals surface area contributed by atoms with E-state index in [9.17, 15) is 4.79 Å². The summed E-state index contributed by atoms with van der Waals surface area (Å²) in [6, 6.07) is 14.3. The van der Waals surface area contributed by atoms with Gasteiger partial charge >= 0.3 is 0 Å². The second-order valence-electron chi connectivity index (χ2n) is 7.45. The van der Waals surface area contributed by atoms with Crippen LogP contribution in [0.5, 0.6) is 11.5 Å². The van der Waals surface area contributed by atoms with Gasteiger partial charge in [-0.15, -0.1) is 0 Å². The van der Waals surface area contributed by atoms with E-state index < -0.39 is 0 Å². The fourth-order valence-electron chi connectivity index (χ4n) is 4.05. The molecular formula is C24H28N2O4. The van der Waals surface area contributed by atoms with Crippen LogP contribution in [0.2, 0.25) is 0 Å². The van der Waals surface area contributed by atoms with E-state index in [1.165, 1.54) is 10.9 Å². The number of amides is 1. The zero-order valence-corrected chi connectivity index (χ0v) is 17.5. The van der Waals surface area contributed by atoms with Crippen LogP contribution in [0.15, 0.2) is 48.7 Å². The van der Waals surface area contributed by atoms with Crippen molar-refractivity contribution in [2.45, 2.75) is 32.2 Å². The summed E-state index contributed by atoms with van der Waals surface area (Å²) < 4.78 is 18.4. The second-order valence-corrected chi connectivity index (χ2v) is 7.45. The van der Waals surface area contributed by atoms with E-state index in [1.807, 2.05) is 24.3 Å². The number of aryl methyl sites for hydroxylation is 1. The van der Waals surface area contributed by atoms with Gasteiger partial charge in [-0.3, -0.25) is 4.79 Å². The van der Waals surface area contributed by atoms with Crippen LogP contribution in [0, 0.1) is 0 Å². The molecule has 1 aliphatic heterocycles. The SMILES string of the molecule is CCn1cc([C@@H](CC(=O)NCCCOC)c2ccc3c(c2)OCO3)c2ccccc21. The van der Waals surface area contributed by atoms with E-state index in [2.05, 4.69) is 41.2 Å². The van der Waals surface area contributed by atoms with Gasteiger partial charge in [0, 0.05) is 56.2 Å². The Kier molecular flexibility index (Phi) is 6.23. The van der Waals surface area contributed by atoms with Gasteiger partial charge in [-0.1, -0.05) is 24.3 Å². The highest BCUT2D eigenvalue weighted by Gasteiger charge is 2.25. The monoisotopic (exact) mass is 408 g/mol. The molecule has 1 aromatic heterocycles. The largest absolute Gasteiger partial charge is 0.454 e. The lowest BCUT2D eigenvalue weighted by Gasteiger charge is -2.18. The maximum atomic E-state index is 12.8. The van der Waals surface area contributed by atoms with Gasteiger partial charge in [0.05, 0.1) is 0 Å². The van der Waals surface area contributed by atoms with Crippen LogP contribution >= 0.6 is 0 Å². The summed E-state index contributed by atoms with van der Waals surface area (Å²) in [7, 11) is 1.67. The topological polar surface area (TPSA) is 61.7 Å². The number of rotatable bonds is 9. The van der Waals surface area contributed by atoms with Gasteiger partial charge in [0.25, 0.3) is 0 Å². The molecular weight excluding hydrogens is 380 g/mol. The highest BCUT2D eigenvalue weighted by molar-refractivity contribution is 5.86. The second kappa shape index (κ2) is 9.22. The maximum absolute atomic E-state index is 12.8. The number of carbonyl (C=O) groups excluding carboxylic acids is 1. The van der Waals surface area contributed by atoms with Crippen molar-refractivity contribution in [1.29, 1.82) is 0 Å². The molecule has 158 valence electrons. The predicted molar refractivity (Wildman–Crippen MR) is 116 cm³/mol. The molecule has 0 fully saturated rings. The first-order valence-electron chi connectivity index (χ1n) is 10.4. The number of nitrogens with zero attached hydrogens (tertiary/aromatic N) is 1. The molecule has 1 atom stereocenters. The van der Waals surface area contributed by atoms with Gasteiger partial charge < -0.3 is 24.1 Å². The number of carbonyl (C=O) groups is 1. The number of nitrogens with one attached hydrogen (secondary N) is 1. The van der Waals surface area contributed by atoms with Crippen molar-refractivity contribution in [3.8, 4) is 11.5 Å². The van der Waals surface area contributed by atoms with E-state index in [-0.39, 0.29) is 18.6 Å². The van der Waals surface area contributed by atoms with Crippen molar-refractivity contribution in [2.24, 2.45) is 0 Å². The van der Waals surface area contributed by atoms with Crippen LogP contribution < -0.4 is 14.8 Å². The number of aromatic nitrogens is 1. The zero-order valence-electron chi connectivity index (χ0n) is 17.5. The minimum absolute atomic E-state index is 0.0297. The average Bonchev–Trinajstić information content (AvgIpc) is 3.39. The van der Waals surface area contributed by atoms with Crippen LogP contribution in [-0.2, 0) is 16.1 Å². The van der Waals surface area contributed by atoms with Gasteiger partial charge in [0.15, 0.2) is 11.5 Å². The summed E-state index contributed by atoms with van der Waals surface area (Å²) in [4.78, 5) is 12.8. The number of methoxy groups -OCH3 is 1. The first-order chi connectivity index (χ1) is 14.7. The van der Waals surface area contributed by atoms with Gasteiger partial charge in [0.1, 0.15) is 0 Å². The molecule has 0 bridgehead atoms. The highest BCUT2D eigenvalue weighted by atomic mass is 16.7. The fourth-order valence-corrected chi connectivity index (χ4v) is 4.05. The van der Waals surface area contributed by atoms with Crippen molar-refractivity contribution in [3.05, 3.63) is 59.8 Å². The number of benzene rings is 2. The van der Waals surface area contributed by atoms with Crippen molar-refractivity contribution in [1.82, 2.24) is 9.88 Å². The van der Waals surface area contributed by atoms with Crippen molar-refractivity contribution in [3.63, 3.8) is 0 Å². The summed E-state index contributed by atoms with van der Waals surface area (Å²) in [6.07, 6.45) is 3.34. The summed E-state index contributed by atoms with van der Waals surface area (Å²) in [6.45, 7) is 4.48. The molecule has 2 heterocycles. The van der Waals surface area contributed by atoms with Crippen LogP contribution in [0.1, 0.15) is 36.8 Å². The van der Waals surface area contributed by atoms with Gasteiger partial charge in [0.2, 0.25) is 12.7 Å². The molecule has 0 unspecified atom stereocenters. The Balaban J connectivity index is 1.68. The molecule has 6 nitrogen and oxygen atoms in total. The summed E-state index contributed by atoms with van der Waals surface area (Å²) in [5, 5.41) is 4.20. The molecule has 1 amide bonds. The molecule has 1 aliphatic rings. The Morgan fingerprint density at radius 2 is 2.03 bits per heavy atom. The number of ether oxygens (including phenoxy) is 3. The molecule has 3 aromatic rings. The molecule has 0 saturated heterocycles. The highest BCUT2D eigenvalue weighted by Crippen LogP contribution is 2.40. The van der Waals surface area contributed by atoms with Gasteiger partial charge in [-0.25, -0.2) is 0 Å². The quantitative estimate of drug-likeness (QED) is 0.543. The lowest BCUT2D eigenvalue weighted by atomic mass is 9.87. The third-order valence-corrected chi connectivity index (χ3v) is 5.57. The molecule has 0 aliphatic carbocycles. The summed E-state index contributed by atoms with van der Waals surface area (Å²) in [5.41, 5.74) is 3.38. The molecule has 30 heavy (non-hydrogen) atoms. The van der Waals surface area contributed by atoms with E-state index in [0.29, 0.717) is 19.6 Å². The summed E-state index contributed by atoms with van der Waals surface area (Å²) >= 11 is 0. The predicted octanol–water partition coefficient (Wildman–Crippen LogP) is 4.06. The van der Waals surface area contributed by atoms with E-state index in [4.69, 9.17) is 14.2 Å². The number of hydrogen-bond donors (Lipinski definition) is 1.